The molecule has 9 nitrogen and oxygen atoms in total. The predicted molar refractivity (Wildman–Crippen MR) is 85.0 cm³/mol. The SMILES string of the molecule is NCCCN(CCCN)C(=O)CCCC(=O)ON1C(=O)CCC1=O. The lowest BCUT2D eigenvalue weighted by atomic mass is 10.2. The highest BCUT2D eigenvalue weighted by molar-refractivity contribution is 6.01. The molecule has 0 aromatic rings. The van der Waals surface area contributed by atoms with Gasteiger partial charge in [-0.25, -0.2) is 4.79 Å². The second-order valence-corrected chi connectivity index (χ2v) is 5.56. The number of rotatable bonds is 11. The Kier molecular flexibility index (Phi) is 8.95. The summed E-state index contributed by atoms with van der Waals surface area (Å²) in [6.07, 6.45) is 1.96. The van der Waals surface area contributed by atoms with Crippen LogP contribution in [-0.4, -0.2) is 59.8 Å². The smallest absolute Gasteiger partial charge is 0.333 e. The summed E-state index contributed by atoms with van der Waals surface area (Å²) >= 11 is 0. The Labute approximate surface area is 141 Å². The van der Waals surface area contributed by atoms with E-state index in [1.165, 1.54) is 0 Å². The molecular weight excluding hydrogens is 316 g/mol. The number of hydrogen-bond donors (Lipinski definition) is 2. The third-order valence-corrected chi connectivity index (χ3v) is 3.59. The normalized spacial score (nSPS) is 14.2. The molecule has 1 saturated heterocycles. The number of carbonyl (C=O) groups is 4. The first-order valence-electron chi connectivity index (χ1n) is 8.24. The molecule has 4 N–H and O–H groups in total. The lowest BCUT2D eigenvalue weighted by molar-refractivity contribution is -0.197. The first-order valence-corrected chi connectivity index (χ1v) is 8.24. The number of carbonyl (C=O) groups excluding carboxylic acids is 4. The van der Waals surface area contributed by atoms with E-state index in [0.717, 1.165) is 0 Å². The highest BCUT2D eigenvalue weighted by Gasteiger charge is 2.32. The van der Waals surface area contributed by atoms with Crippen molar-refractivity contribution in [3.05, 3.63) is 0 Å². The van der Waals surface area contributed by atoms with Gasteiger partial charge in [0.2, 0.25) is 5.91 Å². The molecule has 1 heterocycles. The first kappa shape index (κ1) is 20.0. The van der Waals surface area contributed by atoms with Crippen LogP contribution in [0.5, 0.6) is 0 Å². The van der Waals surface area contributed by atoms with Gasteiger partial charge in [0.1, 0.15) is 0 Å². The maximum absolute atomic E-state index is 12.2. The Balaban J connectivity index is 2.32. The number of imide groups is 1. The van der Waals surface area contributed by atoms with Crippen molar-refractivity contribution >= 4 is 23.7 Å². The number of nitrogens with zero attached hydrogens (tertiary/aromatic N) is 2. The quantitative estimate of drug-likeness (QED) is 0.473. The molecule has 0 bridgehead atoms. The van der Waals surface area contributed by atoms with E-state index in [1.807, 2.05) is 0 Å². The van der Waals surface area contributed by atoms with Gasteiger partial charge in [-0.2, -0.15) is 0 Å². The van der Waals surface area contributed by atoms with Crippen LogP contribution in [0.1, 0.15) is 44.9 Å². The standard InChI is InChI=1S/C15H26N4O5/c16-8-2-10-18(11-3-9-17)12(20)4-1-5-15(23)24-19-13(21)6-7-14(19)22/h1-11,16-17H2. The van der Waals surface area contributed by atoms with Crippen molar-refractivity contribution in [2.45, 2.75) is 44.9 Å². The fourth-order valence-corrected chi connectivity index (χ4v) is 2.27. The summed E-state index contributed by atoms with van der Waals surface area (Å²) in [5.41, 5.74) is 10.9. The van der Waals surface area contributed by atoms with E-state index in [9.17, 15) is 19.2 Å². The summed E-state index contributed by atoms with van der Waals surface area (Å²) in [4.78, 5) is 52.9. The lowest BCUT2D eigenvalue weighted by Crippen LogP contribution is -2.35. The Bertz CT molecular complexity index is 445. The molecule has 0 aromatic heterocycles. The molecule has 24 heavy (non-hydrogen) atoms. The van der Waals surface area contributed by atoms with Crippen LogP contribution >= 0.6 is 0 Å². The van der Waals surface area contributed by atoms with Crippen molar-refractivity contribution in [2.75, 3.05) is 26.2 Å². The molecule has 0 unspecified atom stereocenters. The Morgan fingerprint density at radius 1 is 0.958 bits per heavy atom. The van der Waals surface area contributed by atoms with Crippen molar-refractivity contribution in [1.82, 2.24) is 9.96 Å². The monoisotopic (exact) mass is 342 g/mol. The largest absolute Gasteiger partial charge is 0.343 e. The molecule has 0 aliphatic carbocycles. The summed E-state index contributed by atoms with van der Waals surface area (Å²) in [6.45, 7) is 2.13. The topological polar surface area (TPSA) is 136 Å². The fraction of sp³-hybridized carbons (Fsp3) is 0.733. The first-order chi connectivity index (χ1) is 11.5. The predicted octanol–water partition coefficient (Wildman–Crippen LogP) is -0.710. The lowest BCUT2D eigenvalue weighted by Gasteiger charge is -2.22. The van der Waals surface area contributed by atoms with Gasteiger partial charge in [0.15, 0.2) is 0 Å². The van der Waals surface area contributed by atoms with Gasteiger partial charge >= 0.3 is 5.97 Å². The van der Waals surface area contributed by atoms with Gasteiger partial charge in [-0.05, 0) is 32.4 Å². The zero-order valence-electron chi connectivity index (χ0n) is 13.9. The highest BCUT2D eigenvalue weighted by Crippen LogP contribution is 2.13. The molecule has 0 atom stereocenters. The van der Waals surface area contributed by atoms with Crippen LogP contribution in [0.2, 0.25) is 0 Å². The van der Waals surface area contributed by atoms with Gasteiger partial charge in [0.05, 0.1) is 0 Å². The molecule has 9 heteroatoms. The summed E-state index contributed by atoms with van der Waals surface area (Å²) in [6, 6.07) is 0. The summed E-state index contributed by atoms with van der Waals surface area (Å²) in [5, 5.41) is 0.513. The van der Waals surface area contributed by atoms with Crippen molar-refractivity contribution in [3.63, 3.8) is 0 Å². The third kappa shape index (κ3) is 6.63. The van der Waals surface area contributed by atoms with E-state index in [-0.39, 0.29) is 38.0 Å². The Morgan fingerprint density at radius 3 is 2.00 bits per heavy atom. The third-order valence-electron chi connectivity index (χ3n) is 3.59. The van der Waals surface area contributed by atoms with E-state index in [0.29, 0.717) is 44.1 Å². The van der Waals surface area contributed by atoms with Crippen LogP contribution < -0.4 is 11.5 Å². The molecule has 0 aromatic carbocycles. The van der Waals surface area contributed by atoms with Crippen LogP contribution in [0.15, 0.2) is 0 Å². The van der Waals surface area contributed by atoms with E-state index in [1.54, 1.807) is 4.90 Å². The van der Waals surface area contributed by atoms with Gasteiger partial charge in [-0.3, -0.25) is 14.4 Å². The minimum Gasteiger partial charge on any atom is -0.343 e. The molecule has 1 rings (SSSR count). The summed E-state index contributed by atoms with van der Waals surface area (Å²) in [5.74, 6) is -1.79. The van der Waals surface area contributed by atoms with E-state index >= 15 is 0 Å². The molecule has 0 radical (unpaired) electrons. The molecule has 136 valence electrons. The van der Waals surface area contributed by atoms with Gasteiger partial charge in [0.25, 0.3) is 11.8 Å². The van der Waals surface area contributed by atoms with Crippen LogP contribution in [-0.2, 0) is 24.0 Å². The second kappa shape index (κ2) is 10.7. The molecule has 3 amide bonds. The van der Waals surface area contributed by atoms with Crippen molar-refractivity contribution in [1.29, 1.82) is 0 Å². The zero-order chi connectivity index (χ0) is 17.9. The highest BCUT2D eigenvalue weighted by atomic mass is 16.7. The maximum atomic E-state index is 12.2. The van der Waals surface area contributed by atoms with E-state index in [4.69, 9.17) is 16.3 Å². The molecule has 1 aliphatic heterocycles. The number of hydrogen-bond acceptors (Lipinski definition) is 7. The summed E-state index contributed by atoms with van der Waals surface area (Å²) < 4.78 is 0. The number of amides is 3. The van der Waals surface area contributed by atoms with E-state index < -0.39 is 17.8 Å². The minimum absolute atomic E-state index is 0.0373. The second-order valence-electron chi connectivity index (χ2n) is 5.56. The van der Waals surface area contributed by atoms with Crippen LogP contribution in [0.4, 0.5) is 0 Å². The molecule has 1 aliphatic rings. The molecular formula is C15H26N4O5. The number of hydroxylamine groups is 2. The van der Waals surface area contributed by atoms with Crippen LogP contribution in [0.3, 0.4) is 0 Å². The van der Waals surface area contributed by atoms with Gasteiger partial charge in [-0.1, -0.05) is 0 Å². The average Bonchev–Trinajstić information content (AvgIpc) is 2.86. The maximum Gasteiger partial charge on any atom is 0.333 e. The Hall–Kier alpha value is -2.00. The average molecular weight is 342 g/mol. The van der Waals surface area contributed by atoms with Crippen molar-refractivity contribution < 1.29 is 24.0 Å². The Morgan fingerprint density at radius 2 is 1.50 bits per heavy atom. The minimum atomic E-state index is -0.693. The molecule has 0 saturated carbocycles. The molecule has 1 fully saturated rings. The van der Waals surface area contributed by atoms with Gasteiger partial charge in [-0.15, -0.1) is 5.06 Å². The van der Waals surface area contributed by atoms with Crippen molar-refractivity contribution in [3.8, 4) is 0 Å². The fourth-order valence-electron chi connectivity index (χ4n) is 2.27. The number of nitrogens with two attached hydrogens (primary N) is 2. The molecule has 0 spiro atoms. The zero-order valence-corrected chi connectivity index (χ0v) is 13.9. The van der Waals surface area contributed by atoms with Crippen LogP contribution in [0.25, 0.3) is 0 Å². The van der Waals surface area contributed by atoms with Crippen molar-refractivity contribution in [2.24, 2.45) is 11.5 Å². The van der Waals surface area contributed by atoms with Crippen LogP contribution in [0, 0.1) is 0 Å². The van der Waals surface area contributed by atoms with Gasteiger partial charge in [0, 0.05) is 38.8 Å². The van der Waals surface area contributed by atoms with E-state index in [2.05, 4.69) is 0 Å². The van der Waals surface area contributed by atoms with Gasteiger partial charge < -0.3 is 21.2 Å². The summed E-state index contributed by atoms with van der Waals surface area (Å²) in [7, 11) is 0.